The van der Waals surface area contributed by atoms with Gasteiger partial charge in [0, 0.05) is 6.07 Å². The summed E-state index contributed by atoms with van der Waals surface area (Å²) < 4.78 is 41.1. The molecule has 0 aliphatic carbocycles. The molecule has 0 saturated heterocycles. The Balaban J connectivity index is 3.13. The van der Waals surface area contributed by atoms with Crippen LogP contribution in [0.3, 0.4) is 0 Å². The zero-order chi connectivity index (χ0) is 10.1. The summed E-state index contributed by atoms with van der Waals surface area (Å²) >= 11 is 5.37. The van der Waals surface area contributed by atoms with Gasteiger partial charge in [-0.3, -0.25) is 0 Å². The Morgan fingerprint density at radius 1 is 1.46 bits per heavy atom. The number of benzene rings is 1. The lowest BCUT2D eigenvalue weighted by Gasteiger charge is -2.09. The minimum atomic E-state index is -4.44. The van der Waals surface area contributed by atoms with Crippen molar-refractivity contribution in [3.8, 4) is 5.75 Å². The van der Waals surface area contributed by atoms with Gasteiger partial charge in [0.2, 0.25) is 0 Å². The van der Waals surface area contributed by atoms with E-state index in [1.165, 1.54) is 7.11 Å². The van der Waals surface area contributed by atoms with Crippen molar-refractivity contribution in [1.29, 1.82) is 0 Å². The second kappa shape index (κ2) is 3.46. The highest BCUT2D eigenvalue weighted by molar-refractivity contribution is 6.31. The van der Waals surface area contributed by atoms with Gasteiger partial charge in [-0.15, -0.1) is 0 Å². The molecule has 1 rings (SSSR count). The number of halogens is 4. The van der Waals surface area contributed by atoms with Gasteiger partial charge < -0.3 is 4.74 Å². The predicted molar refractivity (Wildman–Crippen MR) is 41.8 cm³/mol. The standard InChI is InChI=1S/C8H5ClF3O/c1-13-5-2-3-6(7(9)4-5)8(10,11)12/h3-4H,1H3. The number of methoxy groups -OCH3 is 1. The zero-order valence-electron chi connectivity index (χ0n) is 6.57. The molecule has 0 spiro atoms. The molecule has 0 amide bonds. The van der Waals surface area contributed by atoms with Crippen molar-refractivity contribution in [1.82, 2.24) is 0 Å². The summed E-state index contributed by atoms with van der Waals surface area (Å²) in [4.78, 5) is 0. The predicted octanol–water partition coefficient (Wildman–Crippen LogP) is 3.17. The Kier molecular flexibility index (Phi) is 2.71. The number of rotatable bonds is 1. The maximum absolute atomic E-state index is 12.1. The van der Waals surface area contributed by atoms with E-state index in [-0.39, 0.29) is 10.8 Å². The molecule has 0 atom stereocenters. The molecule has 0 fully saturated rings. The van der Waals surface area contributed by atoms with Crippen molar-refractivity contribution in [2.75, 3.05) is 7.11 Å². The van der Waals surface area contributed by atoms with E-state index in [1.54, 1.807) is 0 Å². The first-order valence-corrected chi connectivity index (χ1v) is 3.65. The normalized spacial score (nSPS) is 11.5. The van der Waals surface area contributed by atoms with Crippen molar-refractivity contribution in [3.63, 3.8) is 0 Å². The van der Waals surface area contributed by atoms with Gasteiger partial charge in [-0.2, -0.15) is 13.2 Å². The number of hydrogen-bond donors (Lipinski definition) is 0. The smallest absolute Gasteiger partial charge is 0.417 e. The van der Waals surface area contributed by atoms with Crippen LogP contribution >= 0.6 is 11.6 Å². The topological polar surface area (TPSA) is 9.23 Å². The SMILES string of the molecule is COc1[c]cc(C(F)(F)F)c(Cl)c1. The van der Waals surface area contributed by atoms with Crippen LogP contribution in [-0.4, -0.2) is 7.11 Å². The average molecular weight is 210 g/mol. The van der Waals surface area contributed by atoms with E-state index in [4.69, 9.17) is 11.6 Å². The van der Waals surface area contributed by atoms with Crippen LogP contribution in [0.2, 0.25) is 5.02 Å². The first-order chi connectivity index (χ1) is 5.95. The Morgan fingerprint density at radius 2 is 2.08 bits per heavy atom. The van der Waals surface area contributed by atoms with Crippen LogP contribution in [0.25, 0.3) is 0 Å². The molecule has 71 valence electrons. The third-order valence-electron chi connectivity index (χ3n) is 1.40. The zero-order valence-corrected chi connectivity index (χ0v) is 7.33. The Bertz CT molecular complexity index is 309. The molecule has 1 nitrogen and oxygen atoms in total. The average Bonchev–Trinajstić information content (AvgIpc) is 2.01. The summed E-state index contributed by atoms with van der Waals surface area (Å²) in [5, 5.41) is -0.386. The fourth-order valence-corrected chi connectivity index (χ4v) is 1.04. The van der Waals surface area contributed by atoms with Gasteiger partial charge in [-0.25, -0.2) is 0 Å². The minimum absolute atomic E-state index is 0.179. The van der Waals surface area contributed by atoms with Gasteiger partial charge in [-0.1, -0.05) is 11.6 Å². The molecule has 1 aromatic rings. The Labute approximate surface area is 78.1 Å². The second-order valence-electron chi connectivity index (χ2n) is 2.26. The summed E-state index contributed by atoms with van der Waals surface area (Å²) in [6, 6.07) is 4.15. The van der Waals surface area contributed by atoms with Gasteiger partial charge in [0.25, 0.3) is 0 Å². The van der Waals surface area contributed by atoms with Crippen molar-refractivity contribution in [2.24, 2.45) is 0 Å². The molecular weight excluding hydrogens is 205 g/mol. The fraction of sp³-hybridized carbons (Fsp3) is 0.250. The summed E-state index contributed by atoms with van der Waals surface area (Å²) in [6.45, 7) is 0. The summed E-state index contributed by atoms with van der Waals surface area (Å²) in [5.41, 5.74) is -0.907. The van der Waals surface area contributed by atoms with Gasteiger partial charge >= 0.3 is 6.18 Å². The van der Waals surface area contributed by atoms with E-state index in [9.17, 15) is 13.2 Å². The minimum Gasteiger partial charge on any atom is -0.496 e. The first kappa shape index (κ1) is 10.2. The summed E-state index contributed by atoms with van der Waals surface area (Å²) in [5.74, 6) is 0.179. The van der Waals surface area contributed by atoms with Crippen molar-refractivity contribution in [3.05, 3.63) is 28.8 Å². The van der Waals surface area contributed by atoms with Gasteiger partial charge in [0.15, 0.2) is 0 Å². The van der Waals surface area contributed by atoms with Crippen LogP contribution in [0.15, 0.2) is 12.1 Å². The molecule has 1 radical (unpaired) electrons. The maximum Gasteiger partial charge on any atom is 0.417 e. The monoisotopic (exact) mass is 209 g/mol. The Morgan fingerprint density at radius 3 is 2.46 bits per heavy atom. The van der Waals surface area contributed by atoms with E-state index >= 15 is 0 Å². The van der Waals surface area contributed by atoms with E-state index in [0.717, 1.165) is 12.1 Å². The second-order valence-corrected chi connectivity index (χ2v) is 2.67. The molecule has 0 aliphatic rings. The molecule has 13 heavy (non-hydrogen) atoms. The largest absolute Gasteiger partial charge is 0.496 e. The molecule has 0 bridgehead atoms. The van der Waals surface area contributed by atoms with E-state index in [0.29, 0.717) is 0 Å². The molecular formula is C8H5ClF3O. The third-order valence-corrected chi connectivity index (χ3v) is 1.71. The Hall–Kier alpha value is -0.900. The summed E-state index contributed by atoms with van der Waals surface area (Å²) in [6.07, 6.45) is -4.44. The molecule has 5 heteroatoms. The molecule has 0 heterocycles. The van der Waals surface area contributed by atoms with Crippen LogP contribution in [-0.2, 0) is 6.18 Å². The van der Waals surface area contributed by atoms with E-state index < -0.39 is 11.7 Å². The van der Waals surface area contributed by atoms with Crippen molar-refractivity contribution >= 4 is 11.6 Å². The number of alkyl halides is 3. The highest BCUT2D eigenvalue weighted by Crippen LogP contribution is 2.35. The lowest BCUT2D eigenvalue weighted by Crippen LogP contribution is -2.05. The number of ether oxygens (including phenoxy) is 1. The fourth-order valence-electron chi connectivity index (χ4n) is 0.782. The highest BCUT2D eigenvalue weighted by atomic mass is 35.5. The van der Waals surface area contributed by atoms with Gasteiger partial charge in [-0.05, 0) is 12.1 Å². The molecule has 0 saturated carbocycles. The summed E-state index contributed by atoms with van der Waals surface area (Å²) in [7, 11) is 1.33. The van der Waals surface area contributed by atoms with Gasteiger partial charge in [0.1, 0.15) is 5.75 Å². The molecule has 0 unspecified atom stereocenters. The van der Waals surface area contributed by atoms with E-state index in [2.05, 4.69) is 10.8 Å². The van der Waals surface area contributed by atoms with Crippen LogP contribution in [0.1, 0.15) is 5.56 Å². The van der Waals surface area contributed by atoms with Crippen LogP contribution in [0, 0.1) is 6.07 Å². The van der Waals surface area contributed by atoms with Crippen LogP contribution < -0.4 is 4.74 Å². The maximum atomic E-state index is 12.1. The van der Waals surface area contributed by atoms with E-state index in [1.807, 2.05) is 0 Å². The molecule has 1 aromatic carbocycles. The molecule has 0 N–H and O–H groups in total. The quantitative estimate of drug-likeness (QED) is 0.690. The number of hydrogen-bond acceptors (Lipinski definition) is 1. The van der Waals surface area contributed by atoms with Gasteiger partial charge in [0.05, 0.1) is 17.7 Å². The lowest BCUT2D eigenvalue weighted by molar-refractivity contribution is -0.137. The first-order valence-electron chi connectivity index (χ1n) is 3.27. The molecule has 0 aromatic heterocycles. The molecule has 0 aliphatic heterocycles. The third kappa shape index (κ3) is 2.28. The highest BCUT2D eigenvalue weighted by Gasteiger charge is 2.33. The van der Waals surface area contributed by atoms with Crippen molar-refractivity contribution in [2.45, 2.75) is 6.18 Å². The lowest BCUT2D eigenvalue weighted by atomic mass is 10.2. The van der Waals surface area contributed by atoms with Crippen LogP contribution in [0.5, 0.6) is 5.75 Å². The van der Waals surface area contributed by atoms with Crippen molar-refractivity contribution < 1.29 is 17.9 Å². The van der Waals surface area contributed by atoms with Crippen LogP contribution in [0.4, 0.5) is 13.2 Å².